The highest BCUT2D eigenvalue weighted by Crippen LogP contribution is 2.41. The molecule has 1 aliphatic rings. The van der Waals surface area contributed by atoms with E-state index in [-0.39, 0.29) is 5.92 Å². The monoisotopic (exact) mass is 516 g/mol. The predicted molar refractivity (Wildman–Crippen MR) is 133 cm³/mol. The Labute approximate surface area is 214 Å². The molecule has 0 saturated carbocycles. The minimum atomic E-state index is -5.08. The number of halogens is 3. The van der Waals surface area contributed by atoms with Crippen molar-refractivity contribution in [2.24, 2.45) is 5.92 Å². The third kappa shape index (κ3) is 8.03. The zero-order valence-electron chi connectivity index (χ0n) is 20.3. The molecule has 198 valence electrons. The van der Waals surface area contributed by atoms with E-state index >= 15 is 0 Å². The Kier molecular flexibility index (Phi) is 10.0. The van der Waals surface area contributed by atoms with Crippen LogP contribution in [0.5, 0.6) is 5.88 Å². The van der Waals surface area contributed by atoms with Gasteiger partial charge in [0.2, 0.25) is 5.88 Å². The van der Waals surface area contributed by atoms with Crippen LogP contribution in [-0.4, -0.2) is 58.5 Å². The normalized spacial score (nSPS) is 14.9. The summed E-state index contributed by atoms with van der Waals surface area (Å²) in [6.07, 6.45) is -0.410. The van der Waals surface area contributed by atoms with Gasteiger partial charge in [-0.2, -0.15) is 13.2 Å². The minimum Gasteiger partial charge on any atom is -0.478 e. The summed E-state index contributed by atoms with van der Waals surface area (Å²) in [5, 5.41) is 19.1. The van der Waals surface area contributed by atoms with Crippen LogP contribution >= 0.6 is 0 Å². The third-order valence-corrected chi connectivity index (χ3v) is 6.36. The lowest BCUT2D eigenvalue weighted by molar-refractivity contribution is -0.192. The lowest BCUT2D eigenvalue weighted by Crippen LogP contribution is -2.44. The maximum Gasteiger partial charge on any atom is 0.490 e. The molecule has 0 unspecified atom stereocenters. The second-order valence-corrected chi connectivity index (χ2v) is 8.79. The number of aliphatic carboxylic acids is 1. The molecule has 0 radical (unpaired) electrons. The molecule has 9 heteroatoms. The number of hydrogen-bond acceptors (Lipinski definition) is 5. The van der Waals surface area contributed by atoms with Crippen LogP contribution < -0.4 is 4.74 Å². The molecule has 1 fully saturated rings. The van der Waals surface area contributed by atoms with Crippen LogP contribution in [0.15, 0.2) is 85.1 Å². The highest BCUT2D eigenvalue weighted by molar-refractivity contribution is 5.73. The Morgan fingerprint density at radius 1 is 0.919 bits per heavy atom. The topological polar surface area (TPSA) is 82.9 Å². The van der Waals surface area contributed by atoms with Gasteiger partial charge in [-0.15, -0.1) is 0 Å². The van der Waals surface area contributed by atoms with E-state index < -0.39 is 17.7 Å². The van der Waals surface area contributed by atoms with Crippen molar-refractivity contribution >= 4 is 5.97 Å². The summed E-state index contributed by atoms with van der Waals surface area (Å²) < 4.78 is 37.4. The van der Waals surface area contributed by atoms with Gasteiger partial charge >= 0.3 is 12.1 Å². The summed E-state index contributed by atoms with van der Waals surface area (Å²) in [4.78, 5) is 15.6. The lowest BCUT2D eigenvalue weighted by atomic mass is 9.72. The van der Waals surface area contributed by atoms with E-state index in [1.54, 1.807) is 6.20 Å². The molecule has 0 aliphatic carbocycles. The Balaban J connectivity index is 0.000000479. The molecule has 2 N–H and O–H groups in total. The Bertz CT molecular complexity index is 1040. The van der Waals surface area contributed by atoms with Crippen molar-refractivity contribution in [2.75, 3.05) is 26.2 Å². The molecule has 3 aromatic rings. The van der Waals surface area contributed by atoms with Gasteiger partial charge in [0.25, 0.3) is 0 Å². The average molecular weight is 517 g/mol. The molecule has 37 heavy (non-hydrogen) atoms. The highest BCUT2D eigenvalue weighted by Gasteiger charge is 2.41. The van der Waals surface area contributed by atoms with Crippen LogP contribution in [0.25, 0.3) is 0 Å². The molecule has 1 aromatic heterocycles. The Morgan fingerprint density at radius 2 is 1.43 bits per heavy atom. The second-order valence-electron chi connectivity index (χ2n) is 8.79. The number of benzene rings is 2. The maximum atomic E-state index is 12.0. The molecule has 6 nitrogen and oxygen atoms in total. The SMILES string of the molecule is O=C(O)C(F)(F)F.OC(c1ccccc1)(c1ccccc1)C1CCN(CCCOc2ccccn2)CC1. The number of ether oxygens (including phenoxy) is 1. The average Bonchev–Trinajstić information content (AvgIpc) is 2.92. The van der Waals surface area contributed by atoms with Gasteiger partial charge in [0.05, 0.1) is 6.61 Å². The largest absolute Gasteiger partial charge is 0.490 e. The summed E-state index contributed by atoms with van der Waals surface area (Å²) in [5.41, 5.74) is 1.02. The first-order valence-corrected chi connectivity index (χ1v) is 12.1. The zero-order valence-corrected chi connectivity index (χ0v) is 20.3. The number of aliphatic hydroxyl groups is 1. The van der Waals surface area contributed by atoms with Crippen LogP contribution in [0.2, 0.25) is 0 Å². The lowest BCUT2D eigenvalue weighted by Gasteiger charge is -2.42. The van der Waals surface area contributed by atoms with Crippen molar-refractivity contribution in [1.29, 1.82) is 0 Å². The Morgan fingerprint density at radius 3 is 1.89 bits per heavy atom. The van der Waals surface area contributed by atoms with Gasteiger partial charge in [-0.3, -0.25) is 0 Å². The molecule has 1 saturated heterocycles. The molecule has 2 aromatic carbocycles. The Hall–Kier alpha value is -3.43. The van der Waals surface area contributed by atoms with Crippen molar-refractivity contribution in [3.8, 4) is 5.88 Å². The van der Waals surface area contributed by atoms with Crippen molar-refractivity contribution < 1.29 is 32.9 Å². The maximum absolute atomic E-state index is 12.0. The summed E-state index contributed by atoms with van der Waals surface area (Å²) >= 11 is 0. The third-order valence-electron chi connectivity index (χ3n) is 6.36. The number of piperidine rings is 1. The molecular weight excluding hydrogens is 485 g/mol. The fourth-order valence-electron chi connectivity index (χ4n) is 4.49. The smallest absolute Gasteiger partial charge is 0.478 e. The van der Waals surface area contributed by atoms with Gasteiger partial charge in [-0.05, 0) is 55.5 Å². The van der Waals surface area contributed by atoms with Crippen LogP contribution in [0.1, 0.15) is 30.4 Å². The number of carboxylic acids is 1. The number of carboxylic acid groups (broad SMARTS) is 1. The van der Waals surface area contributed by atoms with Crippen molar-refractivity contribution in [2.45, 2.75) is 31.0 Å². The van der Waals surface area contributed by atoms with Crippen LogP contribution in [0, 0.1) is 5.92 Å². The van der Waals surface area contributed by atoms with E-state index in [9.17, 15) is 18.3 Å². The van der Waals surface area contributed by atoms with Gasteiger partial charge in [0.15, 0.2) is 0 Å². The van der Waals surface area contributed by atoms with Crippen molar-refractivity contribution in [3.63, 3.8) is 0 Å². The van der Waals surface area contributed by atoms with Gasteiger partial charge in [-0.25, -0.2) is 9.78 Å². The number of carbonyl (C=O) groups is 1. The van der Waals surface area contributed by atoms with E-state index in [1.165, 1.54) is 0 Å². The predicted octanol–water partition coefficient (Wildman–Crippen LogP) is 5.13. The molecular formula is C28H31F3N2O4. The molecule has 0 amide bonds. The molecule has 1 aliphatic heterocycles. The number of aromatic nitrogens is 1. The summed E-state index contributed by atoms with van der Waals surface area (Å²) in [5.74, 6) is -1.87. The van der Waals surface area contributed by atoms with E-state index in [1.807, 2.05) is 78.9 Å². The zero-order chi connectivity index (χ0) is 26.7. The number of rotatable bonds is 8. The highest BCUT2D eigenvalue weighted by atomic mass is 19.4. The number of nitrogens with zero attached hydrogens (tertiary/aromatic N) is 2. The molecule has 0 atom stereocenters. The first kappa shape index (κ1) is 28.1. The summed E-state index contributed by atoms with van der Waals surface area (Å²) in [6, 6.07) is 26.0. The number of likely N-dealkylation sites (tertiary alicyclic amines) is 1. The van der Waals surface area contributed by atoms with Crippen LogP contribution in [0.3, 0.4) is 0 Å². The summed E-state index contributed by atoms with van der Waals surface area (Å²) in [7, 11) is 0. The van der Waals surface area contributed by atoms with E-state index in [0.29, 0.717) is 12.5 Å². The van der Waals surface area contributed by atoms with Gasteiger partial charge < -0.3 is 19.8 Å². The molecule has 0 spiro atoms. The molecule has 2 heterocycles. The molecule has 0 bridgehead atoms. The fourth-order valence-corrected chi connectivity index (χ4v) is 4.49. The number of hydrogen-bond donors (Lipinski definition) is 2. The first-order valence-electron chi connectivity index (χ1n) is 12.1. The quantitative estimate of drug-likeness (QED) is 0.404. The standard InChI is InChI=1S/C26H30N2O2.C2HF3O2/c29-26(22-10-3-1-4-11-22,23-12-5-2-6-13-23)24-15-19-28(20-16-24)18-9-21-30-25-14-7-8-17-27-25;3-2(4,5)1(6)7/h1-8,10-14,17,24,29H,9,15-16,18-21H2;(H,6,7). The second kappa shape index (κ2) is 13.2. The van der Waals surface area contributed by atoms with Gasteiger partial charge in [0, 0.05) is 18.8 Å². The molecule has 4 rings (SSSR count). The van der Waals surface area contributed by atoms with Gasteiger partial charge in [-0.1, -0.05) is 66.7 Å². The first-order chi connectivity index (χ1) is 17.7. The van der Waals surface area contributed by atoms with Crippen LogP contribution in [0.4, 0.5) is 13.2 Å². The summed E-state index contributed by atoms with van der Waals surface area (Å²) in [6.45, 7) is 3.68. The minimum absolute atomic E-state index is 0.198. The van der Waals surface area contributed by atoms with Crippen LogP contribution in [-0.2, 0) is 10.4 Å². The van der Waals surface area contributed by atoms with Crippen molar-refractivity contribution in [1.82, 2.24) is 9.88 Å². The van der Waals surface area contributed by atoms with Crippen molar-refractivity contribution in [3.05, 3.63) is 96.2 Å². The van der Waals surface area contributed by atoms with Gasteiger partial charge in [0.1, 0.15) is 5.60 Å². The van der Waals surface area contributed by atoms with E-state index in [0.717, 1.165) is 50.0 Å². The fraction of sp³-hybridized carbons (Fsp3) is 0.357. The van der Waals surface area contributed by atoms with E-state index in [4.69, 9.17) is 14.6 Å². The van der Waals surface area contributed by atoms with E-state index in [2.05, 4.69) is 9.88 Å². The number of alkyl halides is 3. The number of pyridine rings is 1.